The van der Waals surface area contributed by atoms with Gasteiger partial charge in [0.2, 0.25) is 0 Å². The Morgan fingerprint density at radius 3 is 2.21 bits per heavy atom. The van der Waals surface area contributed by atoms with Crippen LogP contribution < -0.4 is 0 Å². The average molecular weight is 395 g/mol. The minimum Gasteiger partial charge on any atom is -0.135 e. The Balaban J connectivity index is 1.58. The zero-order chi connectivity index (χ0) is 18.8. The van der Waals surface area contributed by atoms with Crippen LogP contribution in [0.5, 0.6) is 0 Å². The van der Waals surface area contributed by atoms with Gasteiger partial charge in [0.25, 0.3) is 0 Å². The molecule has 0 bridgehead atoms. The first kappa shape index (κ1) is 16.3. The first-order valence-corrected chi connectivity index (χ1v) is 11.2. The van der Waals surface area contributed by atoms with Gasteiger partial charge < -0.3 is 0 Å². The predicted octanol–water partition coefficient (Wildman–Crippen LogP) is 8.71. The van der Waals surface area contributed by atoms with E-state index in [0.29, 0.717) is 0 Å². The molecule has 0 nitrogen and oxygen atoms in total. The molecule has 0 aliphatic heterocycles. The first-order chi connectivity index (χ1) is 13.7. The Morgan fingerprint density at radius 2 is 1.29 bits per heavy atom. The second-order valence-electron chi connectivity index (χ2n) is 7.57. The summed E-state index contributed by atoms with van der Waals surface area (Å²) in [5.74, 6) is 0. The van der Waals surface area contributed by atoms with Crippen LogP contribution in [-0.4, -0.2) is 0 Å². The van der Waals surface area contributed by atoms with E-state index in [0.717, 1.165) is 0 Å². The van der Waals surface area contributed by atoms with E-state index in [9.17, 15) is 0 Å². The van der Waals surface area contributed by atoms with Crippen LogP contribution in [0.2, 0.25) is 0 Å². The number of fused-ring (bicyclic) bond motifs is 6. The van der Waals surface area contributed by atoms with Gasteiger partial charge in [-0.25, -0.2) is 0 Å². The van der Waals surface area contributed by atoms with Crippen LogP contribution in [0.3, 0.4) is 0 Å². The molecule has 0 aliphatic carbocycles. The summed E-state index contributed by atoms with van der Waals surface area (Å²) in [5, 5.41) is 5.53. The van der Waals surface area contributed by atoms with E-state index in [4.69, 9.17) is 0 Å². The van der Waals surface area contributed by atoms with Gasteiger partial charge >= 0.3 is 0 Å². The Labute approximate surface area is 171 Å². The van der Waals surface area contributed by atoms with Crippen molar-refractivity contribution in [2.24, 2.45) is 0 Å². The third-order valence-corrected chi connectivity index (χ3v) is 7.93. The van der Waals surface area contributed by atoms with Gasteiger partial charge in [-0.1, -0.05) is 42.0 Å². The summed E-state index contributed by atoms with van der Waals surface area (Å²) in [6.07, 6.45) is 0. The van der Waals surface area contributed by atoms with Crippen molar-refractivity contribution >= 4 is 63.0 Å². The number of aryl methyl sites for hydroxylation is 2. The summed E-state index contributed by atoms with van der Waals surface area (Å²) in [7, 11) is 0. The van der Waals surface area contributed by atoms with Crippen LogP contribution >= 0.6 is 22.7 Å². The Morgan fingerprint density at radius 1 is 0.536 bits per heavy atom. The smallest absolute Gasteiger partial charge is 0.0361 e. The molecule has 0 saturated heterocycles. The minimum atomic E-state index is 1.30. The van der Waals surface area contributed by atoms with Gasteiger partial charge in [0.1, 0.15) is 0 Å². The van der Waals surface area contributed by atoms with Crippen molar-refractivity contribution in [3.8, 4) is 11.1 Å². The molecular weight excluding hydrogens is 376 g/mol. The Kier molecular flexibility index (Phi) is 3.44. The third kappa shape index (κ3) is 2.35. The summed E-state index contributed by atoms with van der Waals surface area (Å²) in [5.41, 5.74) is 5.27. The molecular formula is C26H18S2. The highest BCUT2D eigenvalue weighted by atomic mass is 32.1. The molecule has 6 aromatic rings. The molecule has 0 N–H and O–H groups in total. The van der Waals surface area contributed by atoms with Crippen molar-refractivity contribution in [2.45, 2.75) is 13.8 Å². The summed E-state index contributed by atoms with van der Waals surface area (Å²) in [6.45, 7) is 4.38. The summed E-state index contributed by atoms with van der Waals surface area (Å²) in [6, 6.07) is 27.2. The van der Waals surface area contributed by atoms with Gasteiger partial charge in [-0.05, 0) is 66.9 Å². The number of hydrogen-bond donors (Lipinski definition) is 0. The number of benzene rings is 4. The summed E-state index contributed by atoms with van der Waals surface area (Å²) >= 11 is 3.78. The molecule has 2 heterocycles. The van der Waals surface area contributed by atoms with Crippen LogP contribution in [0.15, 0.2) is 72.8 Å². The quantitative estimate of drug-likeness (QED) is 0.261. The summed E-state index contributed by atoms with van der Waals surface area (Å²) < 4.78 is 5.48. The lowest BCUT2D eigenvalue weighted by Gasteiger charge is -2.04. The van der Waals surface area contributed by atoms with E-state index in [2.05, 4.69) is 86.6 Å². The molecule has 0 fully saturated rings. The first-order valence-electron chi connectivity index (χ1n) is 9.52. The number of thiophene rings is 2. The van der Waals surface area contributed by atoms with Crippen LogP contribution in [-0.2, 0) is 0 Å². The van der Waals surface area contributed by atoms with Gasteiger partial charge in [0.15, 0.2) is 0 Å². The molecule has 0 unspecified atom stereocenters. The van der Waals surface area contributed by atoms with Crippen LogP contribution in [0.4, 0.5) is 0 Å². The van der Waals surface area contributed by atoms with Gasteiger partial charge in [0.05, 0.1) is 0 Å². The van der Waals surface area contributed by atoms with Crippen molar-refractivity contribution in [3.63, 3.8) is 0 Å². The maximum absolute atomic E-state index is 2.37. The van der Waals surface area contributed by atoms with E-state index in [-0.39, 0.29) is 0 Å². The SMILES string of the molecule is Cc1ccc2sc3cc(-c4ccc5sc6cccc(C)c6c5c4)ccc3c2c1. The molecule has 4 aromatic carbocycles. The Bertz CT molecular complexity index is 1530. The largest absolute Gasteiger partial charge is 0.135 e. The lowest BCUT2D eigenvalue weighted by Crippen LogP contribution is -1.79. The third-order valence-electron chi connectivity index (χ3n) is 5.66. The van der Waals surface area contributed by atoms with E-state index in [1.54, 1.807) is 0 Å². The molecule has 6 rings (SSSR count). The summed E-state index contributed by atoms with van der Waals surface area (Å²) in [4.78, 5) is 0. The van der Waals surface area contributed by atoms with Gasteiger partial charge in [0, 0.05) is 40.3 Å². The van der Waals surface area contributed by atoms with Crippen molar-refractivity contribution < 1.29 is 0 Å². The monoisotopic (exact) mass is 394 g/mol. The molecule has 134 valence electrons. The molecule has 0 amide bonds. The van der Waals surface area contributed by atoms with E-state index < -0.39 is 0 Å². The van der Waals surface area contributed by atoms with Gasteiger partial charge in [-0.15, -0.1) is 22.7 Å². The topological polar surface area (TPSA) is 0 Å². The molecule has 0 spiro atoms. The molecule has 28 heavy (non-hydrogen) atoms. The maximum atomic E-state index is 2.37. The van der Waals surface area contributed by atoms with Crippen LogP contribution in [0, 0.1) is 13.8 Å². The fourth-order valence-corrected chi connectivity index (χ4v) is 6.54. The van der Waals surface area contributed by atoms with Crippen molar-refractivity contribution in [1.82, 2.24) is 0 Å². The van der Waals surface area contributed by atoms with Crippen molar-refractivity contribution in [3.05, 3.63) is 83.9 Å². The highest BCUT2D eigenvalue weighted by molar-refractivity contribution is 7.26. The molecule has 0 atom stereocenters. The van der Waals surface area contributed by atoms with Crippen molar-refractivity contribution in [2.75, 3.05) is 0 Å². The van der Waals surface area contributed by atoms with Crippen LogP contribution in [0.1, 0.15) is 11.1 Å². The molecule has 2 heteroatoms. The normalized spacial score (nSPS) is 11.9. The predicted molar refractivity (Wildman–Crippen MR) is 127 cm³/mol. The molecule has 0 radical (unpaired) electrons. The Hall–Kier alpha value is -2.68. The maximum Gasteiger partial charge on any atom is 0.0361 e. The number of hydrogen-bond acceptors (Lipinski definition) is 2. The second kappa shape index (κ2) is 5.91. The standard InChI is InChI=1S/C26H18S2/c1-15-6-10-22-20(12-15)19-9-7-18(14-25(19)28-22)17-8-11-23-21(13-17)26-16(2)4-3-5-24(26)27-23/h3-14H,1-2H3. The van der Waals surface area contributed by atoms with Gasteiger partial charge in [-0.3, -0.25) is 0 Å². The lowest BCUT2D eigenvalue weighted by molar-refractivity contribution is 1.52. The zero-order valence-corrected chi connectivity index (χ0v) is 17.4. The highest BCUT2D eigenvalue weighted by Gasteiger charge is 2.10. The van der Waals surface area contributed by atoms with Gasteiger partial charge in [-0.2, -0.15) is 0 Å². The molecule has 0 aliphatic rings. The molecule has 0 saturated carbocycles. The van der Waals surface area contributed by atoms with Crippen molar-refractivity contribution in [1.29, 1.82) is 0 Å². The van der Waals surface area contributed by atoms with E-state index >= 15 is 0 Å². The number of rotatable bonds is 1. The highest BCUT2D eigenvalue weighted by Crippen LogP contribution is 2.40. The van der Waals surface area contributed by atoms with Crippen LogP contribution in [0.25, 0.3) is 51.5 Å². The van der Waals surface area contributed by atoms with E-state index in [1.807, 2.05) is 22.7 Å². The fourth-order valence-electron chi connectivity index (χ4n) is 4.25. The fraction of sp³-hybridized carbons (Fsp3) is 0.0769. The van der Waals surface area contributed by atoms with E-state index in [1.165, 1.54) is 62.6 Å². The second-order valence-corrected chi connectivity index (χ2v) is 9.74. The average Bonchev–Trinajstić information content (AvgIpc) is 3.25. The zero-order valence-electron chi connectivity index (χ0n) is 15.7. The lowest BCUT2D eigenvalue weighted by atomic mass is 10.00. The minimum absolute atomic E-state index is 1.30. The molecule has 2 aromatic heterocycles.